The number of ketones is 1. The van der Waals surface area contributed by atoms with Crippen molar-refractivity contribution in [3.05, 3.63) is 35.9 Å². The maximum atomic E-state index is 12.6. The number of hydrogen-bond acceptors (Lipinski definition) is 5. The van der Waals surface area contributed by atoms with E-state index in [0.717, 1.165) is 6.42 Å². The second-order valence-electron chi connectivity index (χ2n) is 6.73. The average Bonchev–Trinajstić information content (AvgIpc) is 3.21. The number of ether oxygens (including phenoxy) is 2. The van der Waals surface area contributed by atoms with Crippen LogP contribution in [0.3, 0.4) is 0 Å². The summed E-state index contributed by atoms with van der Waals surface area (Å²) in [6, 6.07) is 8.60. The molecule has 0 unspecified atom stereocenters. The van der Waals surface area contributed by atoms with Gasteiger partial charge in [0.2, 0.25) is 5.78 Å². The zero-order valence-electron chi connectivity index (χ0n) is 12.9. The molecule has 1 heterocycles. The van der Waals surface area contributed by atoms with Crippen molar-refractivity contribution in [2.45, 2.75) is 25.0 Å². The summed E-state index contributed by atoms with van der Waals surface area (Å²) < 4.78 is 10.8. The van der Waals surface area contributed by atoms with Crippen LogP contribution < -0.4 is 0 Å². The van der Waals surface area contributed by atoms with E-state index in [1.165, 1.54) is 0 Å². The zero-order valence-corrected chi connectivity index (χ0v) is 13.6. The number of fused-ring (bicyclic) bond motifs is 1. The monoisotopic (exact) mass is 348 g/mol. The molecular formula is C18H17ClO5. The lowest BCUT2D eigenvalue weighted by Gasteiger charge is -2.24. The second kappa shape index (κ2) is 5.88. The van der Waals surface area contributed by atoms with Crippen LogP contribution in [0.5, 0.6) is 0 Å². The van der Waals surface area contributed by atoms with Gasteiger partial charge in [0, 0.05) is 11.5 Å². The fourth-order valence-corrected chi connectivity index (χ4v) is 4.69. The van der Waals surface area contributed by atoms with Crippen LogP contribution in [0.25, 0.3) is 0 Å². The van der Waals surface area contributed by atoms with E-state index >= 15 is 0 Å². The molecule has 4 rings (SSSR count). The fourth-order valence-electron chi connectivity index (χ4n) is 4.49. The van der Waals surface area contributed by atoms with Crippen LogP contribution in [0.2, 0.25) is 0 Å². The van der Waals surface area contributed by atoms with Gasteiger partial charge in [-0.25, -0.2) is 0 Å². The summed E-state index contributed by atoms with van der Waals surface area (Å²) in [5, 5.41) is 0. The Bertz CT molecular complexity index is 686. The summed E-state index contributed by atoms with van der Waals surface area (Å²) in [6.45, 7) is 0. The van der Waals surface area contributed by atoms with Crippen LogP contribution in [0.1, 0.15) is 23.2 Å². The first-order chi connectivity index (χ1) is 11.6. The molecular weight excluding hydrogens is 332 g/mol. The third-order valence-corrected chi connectivity index (χ3v) is 5.78. The molecule has 2 saturated carbocycles. The largest absolute Gasteiger partial charge is 0.462 e. The molecule has 1 aliphatic heterocycles. The Kier molecular flexibility index (Phi) is 3.83. The number of carbonyl (C=O) groups excluding carboxylic acids is 3. The molecule has 3 aliphatic rings. The van der Waals surface area contributed by atoms with E-state index < -0.39 is 23.9 Å². The zero-order chi connectivity index (χ0) is 16.8. The number of halogens is 1. The molecule has 0 spiro atoms. The van der Waals surface area contributed by atoms with Gasteiger partial charge in [-0.1, -0.05) is 30.3 Å². The minimum atomic E-state index is -1.03. The van der Waals surface area contributed by atoms with Crippen molar-refractivity contribution in [2.75, 3.05) is 5.88 Å². The Labute approximate surface area is 144 Å². The quantitative estimate of drug-likeness (QED) is 0.463. The highest BCUT2D eigenvalue weighted by Crippen LogP contribution is 2.58. The molecule has 126 valence electrons. The predicted octanol–water partition coefficient (Wildman–Crippen LogP) is 2.22. The molecule has 3 fully saturated rings. The highest BCUT2D eigenvalue weighted by molar-refractivity contribution is 6.21. The average molecular weight is 349 g/mol. The van der Waals surface area contributed by atoms with Crippen LogP contribution in [-0.4, -0.2) is 35.8 Å². The van der Waals surface area contributed by atoms with E-state index in [2.05, 4.69) is 0 Å². The van der Waals surface area contributed by atoms with Gasteiger partial charge in [-0.15, -0.1) is 11.6 Å². The number of esters is 2. The van der Waals surface area contributed by atoms with Crippen LogP contribution in [0.4, 0.5) is 0 Å². The van der Waals surface area contributed by atoms with Gasteiger partial charge in [-0.2, -0.15) is 0 Å². The van der Waals surface area contributed by atoms with Crippen LogP contribution >= 0.6 is 11.6 Å². The van der Waals surface area contributed by atoms with Gasteiger partial charge in [0.1, 0.15) is 6.10 Å². The van der Waals surface area contributed by atoms with Gasteiger partial charge in [0.15, 0.2) is 6.10 Å². The molecule has 0 amide bonds. The van der Waals surface area contributed by atoms with E-state index in [-0.39, 0.29) is 35.6 Å². The number of hydrogen-bond donors (Lipinski definition) is 0. The molecule has 6 heteroatoms. The predicted molar refractivity (Wildman–Crippen MR) is 84.4 cm³/mol. The SMILES string of the molecule is O=C(O[C@H](CCl)C(=O)c1ccccc1)[C@@H]1[C@@H]2C[C@@H]3[C@@H]1C(=O)O[C@@H]3C2. The Morgan fingerprint density at radius 3 is 2.71 bits per heavy atom. The van der Waals surface area contributed by atoms with Crippen molar-refractivity contribution in [3.8, 4) is 0 Å². The van der Waals surface area contributed by atoms with E-state index in [1.54, 1.807) is 30.3 Å². The molecule has 0 radical (unpaired) electrons. The Morgan fingerprint density at radius 1 is 1.25 bits per heavy atom. The standard InChI is InChI=1S/C18H17ClO5/c19-8-13(16(20)9-4-2-1-3-5-9)24-17(21)14-10-6-11-12(7-10)23-18(22)15(11)14/h1-5,10-15H,6-8H2/t10-,11+,12-,13-,14-,15+/m1/s1. The third kappa shape index (κ3) is 2.34. The summed E-state index contributed by atoms with van der Waals surface area (Å²) in [5.41, 5.74) is 0.448. The summed E-state index contributed by atoms with van der Waals surface area (Å²) in [5.74, 6) is -1.93. The molecule has 6 atom stereocenters. The number of Topliss-reactive ketones (excluding diaryl/α,β-unsaturated/α-hetero) is 1. The number of benzene rings is 1. The highest BCUT2D eigenvalue weighted by atomic mass is 35.5. The molecule has 24 heavy (non-hydrogen) atoms. The Morgan fingerprint density at radius 2 is 2.00 bits per heavy atom. The van der Waals surface area contributed by atoms with Gasteiger partial charge in [0.05, 0.1) is 17.7 Å². The normalized spacial score (nSPS) is 34.0. The molecule has 1 aromatic rings. The van der Waals surface area contributed by atoms with Gasteiger partial charge in [0.25, 0.3) is 0 Å². The number of carbonyl (C=O) groups is 3. The maximum absolute atomic E-state index is 12.6. The lowest BCUT2D eigenvalue weighted by molar-refractivity contribution is -0.157. The van der Waals surface area contributed by atoms with Gasteiger partial charge in [-0.3, -0.25) is 14.4 Å². The number of alkyl halides is 1. The Balaban J connectivity index is 1.49. The van der Waals surface area contributed by atoms with Crippen LogP contribution in [0, 0.1) is 23.7 Å². The summed E-state index contributed by atoms with van der Waals surface area (Å²) in [6.07, 6.45) is 0.462. The first-order valence-corrected chi connectivity index (χ1v) is 8.70. The lowest BCUT2D eigenvalue weighted by Crippen LogP contribution is -2.38. The number of rotatable bonds is 5. The van der Waals surface area contributed by atoms with E-state index in [9.17, 15) is 14.4 Å². The Hall–Kier alpha value is -1.88. The third-order valence-electron chi connectivity index (χ3n) is 5.50. The second-order valence-corrected chi connectivity index (χ2v) is 7.04. The van der Waals surface area contributed by atoms with E-state index in [1.807, 2.05) is 0 Å². The molecule has 0 N–H and O–H groups in total. The molecule has 2 bridgehead atoms. The van der Waals surface area contributed by atoms with Gasteiger partial charge < -0.3 is 9.47 Å². The maximum Gasteiger partial charge on any atom is 0.310 e. The molecule has 1 aromatic carbocycles. The van der Waals surface area contributed by atoms with Crippen molar-refractivity contribution >= 4 is 29.3 Å². The minimum absolute atomic E-state index is 0.0358. The van der Waals surface area contributed by atoms with Crippen molar-refractivity contribution in [2.24, 2.45) is 23.7 Å². The first kappa shape index (κ1) is 15.6. The summed E-state index contributed by atoms with van der Waals surface area (Å²) >= 11 is 5.86. The van der Waals surface area contributed by atoms with Crippen molar-refractivity contribution in [1.82, 2.24) is 0 Å². The molecule has 0 aromatic heterocycles. The summed E-state index contributed by atoms with van der Waals surface area (Å²) in [4.78, 5) is 37.1. The van der Waals surface area contributed by atoms with E-state index in [4.69, 9.17) is 21.1 Å². The fraction of sp³-hybridized carbons (Fsp3) is 0.500. The van der Waals surface area contributed by atoms with Crippen molar-refractivity contribution in [3.63, 3.8) is 0 Å². The first-order valence-electron chi connectivity index (χ1n) is 8.16. The van der Waals surface area contributed by atoms with Crippen molar-refractivity contribution < 1.29 is 23.9 Å². The highest BCUT2D eigenvalue weighted by Gasteiger charge is 2.64. The van der Waals surface area contributed by atoms with Gasteiger partial charge in [-0.05, 0) is 18.8 Å². The topological polar surface area (TPSA) is 69.7 Å². The molecule has 5 nitrogen and oxygen atoms in total. The molecule has 1 saturated heterocycles. The van der Waals surface area contributed by atoms with Crippen molar-refractivity contribution in [1.29, 1.82) is 0 Å². The molecule has 2 aliphatic carbocycles. The van der Waals surface area contributed by atoms with Crippen LogP contribution in [0.15, 0.2) is 30.3 Å². The van der Waals surface area contributed by atoms with Gasteiger partial charge >= 0.3 is 11.9 Å². The minimum Gasteiger partial charge on any atom is -0.462 e. The van der Waals surface area contributed by atoms with E-state index in [0.29, 0.717) is 12.0 Å². The summed E-state index contributed by atoms with van der Waals surface area (Å²) in [7, 11) is 0. The lowest BCUT2D eigenvalue weighted by atomic mass is 9.80. The smallest absolute Gasteiger partial charge is 0.310 e. The van der Waals surface area contributed by atoms with Crippen LogP contribution in [-0.2, 0) is 19.1 Å².